The van der Waals surface area contributed by atoms with Crippen LogP contribution in [0.4, 0.5) is 0 Å². The summed E-state index contributed by atoms with van der Waals surface area (Å²) in [7, 11) is 0. The number of aryl methyl sites for hydroxylation is 2. The van der Waals surface area contributed by atoms with Crippen LogP contribution in [0.3, 0.4) is 0 Å². The van der Waals surface area contributed by atoms with Crippen LogP contribution in [0.2, 0.25) is 0 Å². The van der Waals surface area contributed by atoms with Crippen LogP contribution in [-0.2, 0) is 6.42 Å². The lowest BCUT2D eigenvalue weighted by molar-refractivity contribution is 0.644. The summed E-state index contributed by atoms with van der Waals surface area (Å²) in [5.41, 5.74) is 3.46. The lowest BCUT2D eigenvalue weighted by Crippen LogP contribution is -2.06. The molecule has 0 radical (unpaired) electrons. The normalized spacial score (nSPS) is 12.9. The maximum absolute atomic E-state index is 5.49. The predicted molar refractivity (Wildman–Crippen MR) is 87.2 cm³/mol. The lowest BCUT2D eigenvalue weighted by atomic mass is 10.2. The van der Waals surface area contributed by atoms with E-state index >= 15 is 0 Å². The van der Waals surface area contributed by atoms with Crippen molar-refractivity contribution in [2.75, 3.05) is 0 Å². The summed E-state index contributed by atoms with van der Waals surface area (Å²) in [5, 5.41) is 1.11. The standard InChI is InChI=1S/C15H17N3S2/c1-4-11-8-16-14(20-11)10(3)18-13-6-5-9(2)7-12(13)17-15(18)19/h5-8,10H,4H2,1-3H3,(H,17,19). The van der Waals surface area contributed by atoms with Crippen LogP contribution in [0, 0.1) is 11.7 Å². The highest BCUT2D eigenvalue weighted by atomic mass is 32.1. The third kappa shape index (κ3) is 2.21. The Morgan fingerprint density at radius 1 is 1.45 bits per heavy atom. The van der Waals surface area contributed by atoms with Crippen molar-refractivity contribution >= 4 is 34.6 Å². The van der Waals surface area contributed by atoms with E-state index in [1.807, 2.05) is 6.20 Å². The number of H-pyrrole nitrogens is 1. The van der Waals surface area contributed by atoms with Gasteiger partial charge in [0.25, 0.3) is 0 Å². The van der Waals surface area contributed by atoms with Crippen molar-refractivity contribution in [2.24, 2.45) is 0 Å². The molecule has 20 heavy (non-hydrogen) atoms. The first-order valence-corrected chi connectivity index (χ1v) is 7.98. The van der Waals surface area contributed by atoms with Crippen LogP contribution in [0.1, 0.15) is 35.3 Å². The third-order valence-electron chi connectivity index (χ3n) is 3.54. The highest BCUT2D eigenvalue weighted by Crippen LogP contribution is 2.28. The Kier molecular flexibility index (Phi) is 3.48. The van der Waals surface area contributed by atoms with Gasteiger partial charge >= 0.3 is 0 Å². The molecule has 1 unspecified atom stereocenters. The molecule has 2 heterocycles. The van der Waals surface area contributed by atoms with Gasteiger partial charge in [-0.15, -0.1) is 11.3 Å². The zero-order chi connectivity index (χ0) is 14.3. The van der Waals surface area contributed by atoms with Crippen molar-refractivity contribution < 1.29 is 0 Å². The molecule has 0 fully saturated rings. The Morgan fingerprint density at radius 3 is 2.95 bits per heavy atom. The Hall–Kier alpha value is -1.46. The van der Waals surface area contributed by atoms with E-state index < -0.39 is 0 Å². The number of thiazole rings is 1. The topological polar surface area (TPSA) is 33.6 Å². The van der Waals surface area contributed by atoms with Crippen molar-refractivity contribution in [1.29, 1.82) is 0 Å². The number of aromatic nitrogens is 3. The maximum atomic E-state index is 5.49. The molecular formula is C15H17N3S2. The van der Waals surface area contributed by atoms with Crippen molar-refractivity contribution in [3.8, 4) is 0 Å². The lowest BCUT2D eigenvalue weighted by Gasteiger charge is -2.11. The first-order valence-electron chi connectivity index (χ1n) is 6.75. The van der Waals surface area contributed by atoms with Crippen LogP contribution >= 0.6 is 23.6 Å². The van der Waals surface area contributed by atoms with E-state index in [4.69, 9.17) is 12.2 Å². The number of aromatic amines is 1. The van der Waals surface area contributed by atoms with E-state index in [9.17, 15) is 0 Å². The molecule has 104 valence electrons. The fourth-order valence-electron chi connectivity index (χ4n) is 2.42. The van der Waals surface area contributed by atoms with E-state index in [0.717, 1.165) is 27.2 Å². The number of imidazole rings is 1. The second-order valence-electron chi connectivity index (χ2n) is 5.02. The molecule has 0 saturated heterocycles. The molecular weight excluding hydrogens is 286 g/mol. The Balaban J connectivity index is 2.13. The summed E-state index contributed by atoms with van der Waals surface area (Å²) in [6, 6.07) is 6.53. The molecule has 3 aromatic rings. The fourth-order valence-corrected chi connectivity index (χ4v) is 3.69. The number of rotatable bonds is 3. The van der Waals surface area contributed by atoms with Crippen LogP contribution in [0.15, 0.2) is 24.4 Å². The van der Waals surface area contributed by atoms with Gasteiger partial charge < -0.3 is 9.55 Å². The minimum Gasteiger partial charge on any atom is -0.331 e. The fraction of sp³-hybridized carbons (Fsp3) is 0.333. The number of nitrogens with one attached hydrogen (secondary N) is 1. The number of nitrogens with zero attached hydrogens (tertiary/aromatic N) is 2. The summed E-state index contributed by atoms with van der Waals surface area (Å²) in [6.07, 6.45) is 3.00. The van der Waals surface area contributed by atoms with E-state index in [1.54, 1.807) is 11.3 Å². The molecule has 0 saturated carbocycles. The van der Waals surface area contributed by atoms with E-state index in [2.05, 4.69) is 53.5 Å². The van der Waals surface area contributed by atoms with E-state index in [0.29, 0.717) is 0 Å². The molecule has 0 aliphatic heterocycles. The highest BCUT2D eigenvalue weighted by molar-refractivity contribution is 7.71. The van der Waals surface area contributed by atoms with Gasteiger partial charge in [-0.1, -0.05) is 13.0 Å². The maximum Gasteiger partial charge on any atom is 0.178 e. The molecule has 3 rings (SSSR count). The summed E-state index contributed by atoms with van der Waals surface area (Å²) in [4.78, 5) is 9.15. The predicted octanol–water partition coefficient (Wildman–Crippen LogP) is 4.64. The zero-order valence-electron chi connectivity index (χ0n) is 11.8. The third-order valence-corrected chi connectivity index (χ3v) is 5.15. The monoisotopic (exact) mass is 303 g/mol. The minimum atomic E-state index is 0.157. The molecule has 1 N–H and O–H groups in total. The van der Waals surface area contributed by atoms with Crippen molar-refractivity contribution in [2.45, 2.75) is 33.2 Å². The molecule has 0 bridgehead atoms. The van der Waals surface area contributed by atoms with Gasteiger partial charge in [0.1, 0.15) is 5.01 Å². The smallest absolute Gasteiger partial charge is 0.178 e. The van der Waals surface area contributed by atoms with Crippen molar-refractivity contribution in [1.82, 2.24) is 14.5 Å². The van der Waals surface area contributed by atoms with E-state index in [1.165, 1.54) is 10.4 Å². The molecule has 3 nitrogen and oxygen atoms in total. The van der Waals surface area contributed by atoms with Gasteiger partial charge in [-0.05, 0) is 50.2 Å². The van der Waals surface area contributed by atoms with Gasteiger partial charge in [-0.3, -0.25) is 0 Å². The van der Waals surface area contributed by atoms with Crippen molar-refractivity contribution in [3.63, 3.8) is 0 Å². The molecule has 0 aliphatic carbocycles. The van der Waals surface area contributed by atoms with Crippen LogP contribution in [0.25, 0.3) is 11.0 Å². The van der Waals surface area contributed by atoms with E-state index in [-0.39, 0.29) is 6.04 Å². The zero-order valence-corrected chi connectivity index (χ0v) is 13.4. The summed E-state index contributed by atoms with van der Waals surface area (Å²) in [6.45, 7) is 6.40. The molecule has 0 aliphatic rings. The highest BCUT2D eigenvalue weighted by Gasteiger charge is 2.16. The van der Waals surface area contributed by atoms with Gasteiger partial charge in [-0.2, -0.15) is 0 Å². The molecule has 1 aromatic carbocycles. The largest absolute Gasteiger partial charge is 0.331 e. The minimum absolute atomic E-state index is 0.157. The van der Waals surface area contributed by atoms with Gasteiger partial charge in [0.2, 0.25) is 0 Å². The van der Waals surface area contributed by atoms with Gasteiger partial charge in [0, 0.05) is 11.1 Å². The quantitative estimate of drug-likeness (QED) is 0.715. The Bertz CT molecular complexity index is 810. The number of hydrogen-bond acceptors (Lipinski definition) is 3. The molecule has 1 atom stereocenters. The summed E-state index contributed by atoms with van der Waals surface area (Å²) in [5.74, 6) is 0. The van der Waals surface area contributed by atoms with Gasteiger partial charge in [-0.25, -0.2) is 4.98 Å². The summed E-state index contributed by atoms with van der Waals surface area (Å²) < 4.78 is 2.91. The Morgan fingerprint density at radius 2 is 2.25 bits per heavy atom. The average Bonchev–Trinajstić information content (AvgIpc) is 3.01. The second kappa shape index (κ2) is 5.14. The average molecular weight is 303 g/mol. The van der Waals surface area contributed by atoms with Gasteiger partial charge in [0.15, 0.2) is 4.77 Å². The first-order chi connectivity index (χ1) is 9.60. The summed E-state index contributed by atoms with van der Waals surface area (Å²) >= 11 is 7.26. The second-order valence-corrected chi connectivity index (χ2v) is 6.55. The number of benzene rings is 1. The SMILES string of the molecule is CCc1cnc(C(C)n2c(=S)[nH]c3cc(C)ccc32)s1. The molecule has 2 aromatic heterocycles. The number of fused-ring (bicyclic) bond motifs is 1. The molecule has 0 spiro atoms. The van der Waals surface area contributed by atoms with Gasteiger partial charge in [0.05, 0.1) is 17.1 Å². The van der Waals surface area contributed by atoms with Crippen LogP contribution < -0.4 is 0 Å². The van der Waals surface area contributed by atoms with Crippen molar-refractivity contribution in [3.05, 3.63) is 44.6 Å². The van der Waals surface area contributed by atoms with Crippen LogP contribution in [0.5, 0.6) is 0 Å². The Labute approximate surface area is 127 Å². The molecule has 0 amide bonds. The van der Waals surface area contributed by atoms with Crippen LogP contribution in [-0.4, -0.2) is 14.5 Å². The first kappa shape index (κ1) is 13.5. The number of hydrogen-bond donors (Lipinski definition) is 1. The molecule has 5 heteroatoms.